The summed E-state index contributed by atoms with van der Waals surface area (Å²) in [5.41, 5.74) is 3.32. The zero-order chi connectivity index (χ0) is 29.9. The minimum absolute atomic E-state index is 0.0846. The number of nitrogens with zero attached hydrogens (tertiary/aromatic N) is 4. The van der Waals surface area contributed by atoms with E-state index in [-0.39, 0.29) is 24.3 Å². The molecule has 2 aromatic carbocycles. The van der Waals surface area contributed by atoms with Crippen molar-refractivity contribution in [2.24, 2.45) is 11.8 Å². The lowest BCUT2D eigenvalue weighted by atomic mass is 9.98. The first-order valence-corrected chi connectivity index (χ1v) is 15.0. The number of imidazole rings is 1. The lowest BCUT2D eigenvalue weighted by Crippen LogP contribution is -2.51. The summed E-state index contributed by atoms with van der Waals surface area (Å²) in [4.78, 5) is 19.7. The Bertz CT molecular complexity index is 1350. The maximum absolute atomic E-state index is 13.4. The lowest BCUT2D eigenvalue weighted by Gasteiger charge is -2.33. The lowest BCUT2D eigenvalue weighted by molar-refractivity contribution is -0.121. The van der Waals surface area contributed by atoms with Crippen molar-refractivity contribution in [2.75, 3.05) is 13.1 Å². The van der Waals surface area contributed by atoms with E-state index in [2.05, 4.69) is 54.3 Å². The molecule has 0 bridgehead atoms. The van der Waals surface area contributed by atoms with E-state index in [1.165, 1.54) is 0 Å². The first kappa shape index (κ1) is 32.4. The van der Waals surface area contributed by atoms with Crippen molar-refractivity contribution in [3.05, 3.63) is 87.4 Å². The van der Waals surface area contributed by atoms with Crippen LogP contribution < -0.4 is 10.6 Å². The van der Waals surface area contributed by atoms with E-state index in [0.717, 1.165) is 29.8 Å². The highest BCUT2D eigenvalue weighted by atomic mass is 35.5. The number of thiocarbonyl (C=S) groups is 1. The molecule has 10 heteroatoms. The van der Waals surface area contributed by atoms with Gasteiger partial charge in [0.05, 0.1) is 34.4 Å². The van der Waals surface area contributed by atoms with E-state index in [1.807, 2.05) is 28.8 Å². The number of amides is 1. The molecule has 0 spiro atoms. The second kappa shape index (κ2) is 15.8. The van der Waals surface area contributed by atoms with Crippen molar-refractivity contribution < 1.29 is 4.79 Å². The molecular weight excluding hydrogens is 575 g/mol. The molecule has 0 fully saturated rings. The quantitative estimate of drug-likeness (QED) is 0.223. The fourth-order valence-electron chi connectivity index (χ4n) is 4.33. The molecule has 0 unspecified atom stereocenters. The second-order valence-corrected chi connectivity index (χ2v) is 11.9. The third-order valence-corrected chi connectivity index (χ3v) is 8.27. The van der Waals surface area contributed by atoms with Crippen LogP contribution in [-0.4, -0.2) is 44.6 Å². The number of aromatic nitrogens is 2. The van der Waals surface area contributed by atoms with Crippen LogP contribution in [0.5, 0.6) is 0 Å². The first-order valence-electron chi connectivity index (χ1n) is 13.8. The average Bonchev–Trinajstić information content (AvgIpc) is 3.38. The van der Waals surface area contributed by atoms with Crippen LogP contribution in [0.2, 0.25) is 10.0 Å². The van der Waals surface area contributed by atoms with Crippen molar-refractivity contribution in [1.82, 2.24) is 25.1 Å². The van der Waals surface area contributed by atoms with Crippen molar-refractivity contribution in [1.29, 1.82) is 5.26 Å². The number of carbonyl (C=O) groups excluding carboxylic acids is 1. The van der Waals surface area contributed by atoms with E-state index in [1.54, 1.807) is 30.7 Å². The molecule has 7 nitrogen and oxygen atoms in total. The van der Waals surface area contributed by atoms with Crippen molar-refractivity contribution in [3.63, 3.8) is 0 Å². The van der Waals surface area contributed by atoms with Gasteiger partial charge in [0, 0.05) is 44.1 Å². The highest BCUT2D eigenvalue weighted by Crippen LogP contribution is 2.27. The number of nitriles is 1. The van der Waals surface area contributed by atoms with Gasteiger partial charge < -0.3 is 20.1 Å². The summed E-state index contributed by atoms with van der Waals surface area (Å²) >= 11 is 18.6. The number of rotatable bonds is 13. The molecule has 0 aliphatic rings. The Hall–Kier alpha value is -3.12. The molecule has 218 valence electrons. The van der Waals surface area contributed by atoms with Crippen LogP contribution in [0.1, 0.15) is 56.5 Å². The minimum atomic E-state index is -0.154. The van der Waals surface area contributed by atoms with E-state index >= 15 is 0 Å². The van der Waals surface area contributed by atoms with E-state index in [0.29, 0.717) is 46.3 Å². The largest absolute Gasteiger partial charge is 0.362 e. The fraction of sp³-hybridized carbons (Fsp3) is 0.419. The Kier molecular flexibility index (Phi) is 12.5. The highest BCUT2D eigenvalue weighted by molar-refractivity contribution is 7.80. The molecule has 0 aliphatic heterocycles. The number of nitrogens with one attached hydrogen (secondary N) is 2. The molecule has 3 rings (SSSR count). The number of hydrogen-bond acceptors (Lipinski definition) is 4. The van der Waals surface area contributed by atoms with Gasteiger partial charge in [-0.1, -0.05) is 81.6 Å². The number of carbonyl (C=O) groups is 1. The molecule has 1 amide bonds. The maximum Gasteiger partial charge on any atom is 0.226 e. The SMILES string of the molecule is CC[C@H](C)[C@@H](CN(Cc1cccc(Cl)c1Cl)C(=S)NCC(C)C)NC(=O)Cc1cncn1Cc1ccc(C#N)cc1. The molecule has 0 saturated carbocycles. The summed E-state index contributed by atoms with van der Waals surface area (Å²) in [7, 11) is 0. The third kappa shape index (κ3) is 9.74. The molecule has 2 atom stereocenters. The van der Waals surface area contributed by atoms with Gasteiger partial charge in [-0.2, -0.15) is 5.26 Å². The highest BCUT2D eigenvalue weighted by Gasteiger charge is 2.24. The Morgan fingerprint density at radius 3 is 2.56 bits per heavy atom. The summed E-state index contributed by atoms with van der Waals surface area (Å²) in [6.45, 7) is 10.8. The Morgan fingerprint density at radius 1 is 1.17 bits per heavy atom. The standard InChI is InChI=1S/C31H38Cl2N6OS/c1-5-22(4)28(19-38(31(41)36-15-21(2)3)18-25-7-6-8-27(32)30(25)33)37-29(40)13-26-16-35-20-39(26)17-24-11-9-23(14-34)10-12-24/h6-12,16,20-22,28H,5,13,15,17-19H2,1-4H3,(H,36,41)(H,37,40)/t22-,28+/m0/s1. The monoisotopic (exact) mass is 612 g/mol. The van der Waals surface area contributed by atoms with Crippen molar-refractivity contribution in [2.45, 2.75) is 59.7 Å². The molecule has 1 heterocycles. The number of halogens is 2. The van der Waals surface area contributed by atoms with Crippen LogP contribution >= 0.6 is 35.4 Å². The first-order chi connectivity index (χ1) is 19.6. The summed E-state index contributed by atoms with van der Waals surface area (Å²) < 4.78 is 1.96. The van der Waals surface area contributed by atoms with Crippen molar-refractivity contribution in [3.8, 4) is 6.07 Å². The van der Waals surface area contributed by atoms with Gasteiger partial charge in [-0.15, -0.1) is 0 Å². The summed E-state index contributed by atoms with van der Waals surface area (Å²) in [6, 6.07) is 15.0. The number of hydrogen-bond donors (Lipinski definition) is 2. The second-order valence-electron chi connectivity index (χ2n) is 10.7. The molecule has 2 N–H and O–H groups in total. The van der Waals surface area contributed by atoms with Gasteiger partial charge in [0.2, 0.25) is 5.91 Å². The van der Waals surface area contributed by atoms with Gasteiger partial charge in [0.1, 0.15) is 0 Å². The summed E-state index contributed by atoms with van der Waals surface area (Å²) in [6.07, 6.45) is 4.53. The summed E-state index contributed by atoms with van der Waals surface area (Å²) in [5, 5.41) is 17.3. The zero-order valence-electron chi connectivity index (χ0n) is 24.0. The predicted octanol–water partition coefficient (Wildman–Crippen LogP) is 6.22. The summed E-state index contributed by atoms with van der Waals surface area (Å²) in [5.74, 6) is 0.537. The molecule has 1 aromatic heterocycles. The molecule has 0 aliphatic carbocycles. The smallest absolute Gasteiger partial charge is 0.226 e. The minimum Gasteiger partial charge on any atom is -0.362 e. The average molecular weight is 614 g/mol. The molecule has 0 saturated heterocycles. The van der Waals surface area contributed by atoms with Gasteiger partial charge in [0.25, 0.3) is 0 Å². The zero-order valence-corrected chi connectivity index (χ0v) is 26.4. The third-order valence-electron chi connectivity index (χ3n) is 7.01. The number of benzene rings is 2. The van der Waals surface area contributed by atoms with Crippen LogP contribution in [-0.2, 0) is 24.3 Å². The molecule has 3 aromatic rings. The Morgan fingerprint density at radius 2 is 1.90 bits per heavy atom. The van der Waals surface area contributed by atoms with Crippen LogP contribution in [0.3, 0.4) is 0 Å². The topological polar surface area (TPSA) is 86.0 Å². The van der Waals surface area contributed by atoms with Gasteiger partial charge >= 0.3 is 0 Å². The van der Waals surface area contributed by atoms with Crippen LogP contribution in [0.25, 0.3) is 0 Å². The fourth-order valence-corrected chi connectivity index (χ4v) is 4.93. The van der Waals surface area contributed by atoms with E-state index < -0.39 is 0 Å². The van der Waals surface area contributed by atoms with E-state index in [9.17, 15) is 4.79 Å². The van der Waals surface area contributed by atoms with Gasteiger partial charge in [-0.3, -0.25) is 4.79 Å². The van der Waals surface area contributed by atoms with Gasteiger partial charge in [0.15, 0.2) is 5.11 Å². The van der Waals surface area contributed by atoms with Crippen LogP contribution in [0.4, 0.5) is 0 Å². The Balaban J connectivity index is 1.75. The molecular formula is C31H38Cl2N6OS. The van der Waals surface area contributed by atoms with E-state index in [4.69, 9.17) is 40.7 Å². The Labute approximate surface area is 258 Å². The van der Waals surface area contributed by atoms with Crippen molar-refractivity contribution >= 4 is 46.4 Å². The van der Waals surface area contributed by atoms with Gasteiger partial charge in [-0.05, 0) is 53.4 Å². The van der Waals surface area contributed by atoms with Crippen LogP contribution in [0.15, 0.2) is 55.0 Å². The van der Waals surface area contributed by atoms with Gasteiger partial charge in [-0.25, -0.2) is 4.98 Å². The predicted molar refractivity (Wildman–Crippen MR) is 170 cm³/mol. The maximum atomic E-state index is 13.4. The normalized spacial score (nSPS) is 12.4. The molecule has 41 heavy (non-hydrogen) atoms. The van der Waals surface area contributed by atoms with Crippen LogP contribution in [0, 0.1) is 23.2 Å². The molecule has 0 radical (unpaired) electrons.